The fourth-order valence-corrected chi connectivity index (χ4v) is 8.10. The Morgan fingerprint density at radius 2 is 2.06 bits per heavy atom. The van der Waals surface area contributed by atoms with E-state index in [2.05, 4.69) is 30.4 Å². The highest BCUT2D eigenvalue weighted by molar-refractivity contribution is 6.32. The van der Waals surface area contributed by atoms with E-state index in [1.807, 2.05) is 6.07 Å². The number of nitrogens with one attached hydrogen (secondary N) is 1. The van der Waals surface area contributed by atoms with Gasteiger partial charge < -0.3 is 10.1 Å². The molecule has 1 heterocycles. The van der Waals surface area contributed by atoms with Gasteiger partial charge in [-0.2, -0.15) is 0 Å². The molecule has 0 aromatic heterocycles. The third kappa shape index (κ3) is 2.83. The first-order valence-corrected chi connectivity index (χ1v) is 12.2. The summed E-state index contributed by atoms with van der Waals surface area (Å²) in [6, 6.07) is 10.5. The minimum absolute atomic E-state index is 0.000842. The van der Waals surface area contributed by atoms with Gasteiger partial charge in [-0.1, -0.05) is 24.6 Å². The van der Waals surface area contributed by atoms with Crippen molar-refractivity contribution in [1.82, 2.24) is 0 Å². The lowest BCUT2D eigenvalue weighted by Gasteiger charge is -2.51. The van der Waals surface area contributed by atoms with Crippen LogP contribution in [0.3, 0.4) is 0 Å². The number of ether oxygens (including phenoxy) is 1. The number of fused-ring (bicyclic) bond motifs is 8. The van der Waals surface area contributed by atoms with Crippen molar-refractivity contribution in [2.75, 3.05) is 12.4 Å². The second-order valence-electron chi connectivity index (χ2n) is 10.6. The SMILES string of the molecule is COc1ccc2c(c1)CCC1C2CC[C@@]2(C)[C@@H]3Nc4cc([N+](=O)[O-])c(Cl)cc4C[C@H]3C[C@@H]12. The molecule has 2 fully saturated rings. The van der Waals surface area contributed by atoms with Crippen LogP contribution in [0.15, 0.2) is 30.3 Å². The van der Waals surface area contributed by atoms with Crippen LogP contribution in [0, 0.1) is 33.3 Å². The normalized spacial score (nSPS) is 34.3. The van der Waals surface area contributed by atoms with E-state index in [4.69, 9.17) is 16.3 Å². The van der Waals surface area contributed by atoms with Crippen molar-refractivity contribution in [3.8, 4) is 5.75 Å². The van der Waals surface area contributed by atoms with E-state index in [9.17, 15) is 10.1 Å². The predicted octanol–water partition coefficient (Wildman–Crippen LogP) is 6.38. The van der Waals surface area contributed by atoms with Gasteiger partial charge in [0.2, 0.25) is 0 Å². The van der Waals surface area contributed by atoms with Crippen LogP contribution in [0.25, 0.3) is 0 Å². The number of hydrogen-bond donors (Lipinski definition) is 1. The van der Waals surface area contributed by atoms with E-state index in [0.29, 0.717) is 29.7 Å². The molecular weight excluding hydrogens is 424 g/mol. The van der Waals surface area contributed by atoms with E-state index in [1.54, 1.807) is 13.2 Å². The maximum absolute atomic E-state index is 11.4. The summed E-state index contributed by atoms with van der Waals surface area (Å²) in [5.41, 5.74) is 5.27. The lowest BCUT2D eigenvalue weighted by molar-refractivity contribution is -0.384. The molecule has 1 aliphatic heterocycles. The lowest BCUT2D eigenvalue weighted by Crippen LogP contribution is -2.48. The molecule has 6 heteroatoms. The van der Waals surface area contributed by atoms with Crippen molar-refractivity contribution in [3.05, 3.63) is 62.2 Å². The minimum Gasteiger partial charge on any atom is -0.497 e. The summed E-state index contributed by atoms with van der Waals surface area (Å²) in [6.45, 7) is 2.48. The Morgan fingerprint density at radius 3 is 2.84 bits per heavy atom. The van der Waals surface area contributed by atoms with Crippen molar-refractivity contribution in [1.29, 1.82) is 0 Å². The molecule has 2 aromatic rings. The molecule has 6 rings (SSSR count). The third-order valence-electron chi connectivity index (χ3n) is 9.27. The van der Waals surface area contributed by atoms with E-state index < -0.39 is 0 Å². The molecule has 4 aliphatic rings. The first kappa shape index (κ1) is 20.3. The van der Waals surface area contributed by atoms with Crippen LogP contribution in [0.5, 0.6) is 5.75 Å². The first-order chi connectivity index (χ1) is 15.4. The summed E-state index contributed by atoms with van der Waals surface area (Å²) in [6.07, 6.45) is 6.98. The van der Waals surface area contributed by atoms with E-state index in [1.165, 1.54) is 36.8 Å². The number of rotatable bonds is 2. The summed E-state index contributed by atoms with van der Waals surface area (Å²) in [7, 11) is 1.74. The quantitative estimate of drug-likeness (QED) is 0.424. The molecule has 168 valence electrons. The topological polar surface area (TPSA) is 64.4 Å². The molecule has 0 bridgehead atoms. The van der Waals surface area contributed by atoms with Gasteiger partial charge in [-0.3, -0.25) is 10.1 Å². The van der Waals surface area contributed by atoms with Crippen LogP contribution in [0.2, 0.25) is 5.02 Å². The first-order valence-electron chi connectivity index (χ1n) is 11.8. The van der Waals surface area contributed by atoms with E-state index in [0.717, 1.165) is 29.8 Å². The van der Waals surface area contributed by atoms with Gasteiger partial charge in [-0.15, -0.1) is 0 Å². The Labute approximate surface area is 193 Å². The number of benzene rings is 2. The fraction of sp³-hybridized carbons (Fsp3) is 0.538. The van der Waals surface area contributed by atoms with Gasteiger partial charge in [0.15, 0.2) is 0 Å². The van der Waals surface area contributed by atoms with Gasteiger partial charge in [0, 0.05) is 17.8 Å². The van der Waals surface area contributed by atoms with Gasteiger partial charge in [0.1, 0.15) is 10.8 Å². The molecule has 32 heavy (non-hydrogen) atoms. The van der Waals surface area contributed by atoms with Crippen molar-refractivity contribution in [2.45, 2.75) is 57.4 Å². The largest absolute Gasteiger partial charge is 0.497 e. The number of methoxy groups -OCH3 is 1. The Kier molecular flexibility index (Phi) is 4.52. The Balaban J connectivity index is 1.32. The van der Waals surface area contributed by atoms with Crippen molar-refractivity contribution >= 4 is 23.0 Å². The summed E-state index contributed by atoms with van der Waals surface area (Å²) in [5, 5.41) is 15.4. The summed E-state index contributed by atoms with van der Waals surface area (Å²) >= 11 is 6.23. The fourth-order valence-electron chi connectivity index (χ4n) is 7.84. The molecule has 0 spiro atoms. The van der Waals surface area contributed by atoms with Crippen LogP contribution in [0.4, 0.5) is 11.4 Å². The molecule has 2 aromatic carbocycles. The van der Waals surface area contributed by atoms with Gasteiger partial charge in [0.05, 0.1) is 12.0 Å². The molecule has 3 aliphatic carbocycles. The number of nitro benzene ring substituents is 1. The molecule has 2 saturated carbocycles. The van der Waals surface area contributed by atoms with Crippen LogP contribution in [-0.4, -0.2) is 18.1 Å². The van der Waals surface area contributed by atoms with Crippen molar-refractivity contribution in [3.63, 3.8) is 0 Å². The smallest absolute Gasteiger partial charge is 0.289 e. The monoisotopic (exact) mass is 452 g/mol. The average molecular weight is 453 g/mol. The maximum atomic E-state index is 11.4. The summed E-state index contributed by atoms with van der Waals surface area (Å²) in [5.74, 6) is 3.55. The van der Waals surface area contributed by atoms with E-state index in [-0.39, 0.29) is 21.0 Å². The average Bonchev–Trinajstić information content (AvgIpc) is 3.08. The standard InChI is InChI=1S/C26H29ClN2O3/c1-26-8-7-19-18-6-4-17(32-2)10-14(18)3-5-20(19)21(26)11-16-9-15-12-22(27)24(29(30)31)13-23(15)28-25(16)26/h4,6,10,12-13,16,19-21,25,28H,3,5,7-9,11H2,1-2H3/t16-,19?,20?,21-,25+,26+/m0/s1. The third-order valence-corrected chi connectivity index (χ3v) is 9.58. The van der Waals surface area contributed by atoms with Gasteiger partial charge in [0.25, 0.3) is 5.69 Å². The molecule has 0 saturated heterocycles. The van der Waals surface area contributed by atoms with Crippen LogP contribution in [0.1, 0.15) is 55.2 Å². The molecule has 2 unspecified atom stereocenters. The Bertz CT molecular complexity index is 1120. The highest BCUT2D eigenvalue weighted by atomic mass is 35.5. The van der Waals surface area contributed by atoms with Crippen molar-refractivity contribution in [2.24, 2.45) is 23.2 Å². The number of nitro groups is 1. The molecule has 6 atom stereocenters. The van der Waals surface area contributed by atoms with Crippen LogP contribution in [-0.2, 0) is 12.8 Å². The van der Waals surface area contributed by atoms with Crippen molar-refractivity contribution < 1.29 is 9.66 Å². The Morgan fingerprint density at radius 1 is 1.22 bits per heavy atom. The zero-order valence-corrected chi connectivity index (χ0v) is 19.3. The highest BCUT2D eigenvalue weighted by Gasteiger charge is 2.59. The number of anilines is 1. The van der Waals surface area contributed by atoms with Gasteiger partial charge >= 0.3 is 0 Å². The highest BCUT2D eigenvalue weighted by Crippen LogP contribution is 2.64. The van der Waals surface area contributed by atoms with Gasteiger partial charge in [-0.25, -0.2) is 0 Å². The summed E-state index contributed by atoms with van der Waals surface area (Å²) in [4.78, 5) is 11.0. The lowest BCUT2D eigenvalue weighted by atomic mass is 9.55. The van der Waals surface area contributed by atoms with Crippen LogP contribution >= 0.6 is 11.6 Å². The molecule has 1 N–H and O–H groups in total. The molecule has 0 radical (unpaired) electrons. The second kappa shape index (κ2) is 7.11. The van der Waals surface area contributed by atoms with Crippen LogP contribution < -0.4 is 10.1 Å². The second-order valence-corrected chi connectivity index (χ2v) is 11.0. The number of halogens is 1. The zero-order valence-electron chi connectivity index (χ0n) is 18.6. The van der Waals surface area contributed by atoms with Gasteiger partial charge in [-0.05, 0) is 103 Å². The predicted molar refractivity (Wildman–Crippen MR) is 126 cm³/mol. The molecule has 5 nitrogen and oxygen atoms in total. The molecular formula is C26H29ClN2O3. The molecule has 0 amide bonds. The number of nitrogens with zero attached hydrogens (tertiary/aromatic N) is 1. The maximum Gasteiger partial charge on any atom is 0.289 e. The minimum atomic E-state index is -0.380. The number of hydrogen-bond acceptors (Lipinski definition) is 4. The Hall–Kier alpha value is -2.27. The number of aryl methyl sites for hydroxylation is 1. The zero-order chi connectivity index (χ0) is 22.2. The van der Waals surface area contributed by atoms with E-state index >= 15 is 0 Å². The summed E-state index contributed by atoms with van der Waals surface area (Å²) < 4.78 is 5.47.